The van der Waals surface area contributed by atoms with Crippen LogP contribution in [0.15, 0.2) is 54.6 Å². The van der Waals surface area contributed by atoms with Gasteiger partial charge >= 0.3 is 0 Å². The third-order valence-corrected chi connectivity index (χ3v) is 3.36. The Hall–Kier alpha value is -2.67. The standard InChI is InChI=1S/C16H14N2O2/c1-16(12-17,14-5-3-2-4-6-14)11-13-7-9-15(10-8-13)18(19)20/h2-10H,11H2,1H3. The molecule has 0 amide bonds. The van der Waals surface area contributed by atoms with E-state index in [0.29, 0.717) is 6.42 Å². The van der Waals surface area contributed by atoms with Crippen molar-refractivity contribution in [3.05, 3.63) is 75.8 Å². The van der Waals surface area contributed by atoms with Gasteiger partial charge in [0.1, 0.15) is 0 Å². The number of nitrogens with zero attached hydrogens (tertiary/aromatic N) is 2. The highest BCUT2D eigenvalue weighted by atomic mass is 16.6. The van der Waals surface area contributed by atoms with E-state index < -0.39 is 10.3 Å². The Morgan fingerprint density at radius 2 is 1.75 bits per heavy atom. The van der Waals surface area contributed by atoms with E-state index in [1.807, 2.05) is 37.3 Å². The predicted octanol–water partition coefficient (Wildman–Crippen LogP) is 3.62. The van der Waals surface area contributed by atoms with E-state index in [4.69, 9.17) is 0 Å². The highest BCUT2D eigenvalue weighted by molar-refractivity contribution is 5.38. The highest BCUT2D eigenvalue weighted by Crippen LogP contribution is 2.28. The van der Waals surface area contributed by atoms with Crippen molar-refractivity contribution in [1.82, 2.24) is 0 Å². The fraction of sp³-hybridized carbons (Fsp3) is 0.188. The SMILES string of the molecule is CC(C#N)(Cc1ccc([N+](=O)[O-])cc1)c1ccccc1. The minimum absolute atomic E-state index is 0.0621. The largest absolute Gasteiger partial charge is 0.269 e. The molecule has 0 heterocycles. The van der Waals surface area contributed by atoms with Crippen LogP contribution in [0, 0.1) is 21.4 Å². The molecule has 1 atom stereocenters. The first-order valence-electron chi connectivity index (χ1n) is 6.25. The average Bonchev–Trinajstić information content (AvgIpc) is 2.48. The van der Waals surface area contributed by atoms with Crippen molar-refractivity contribution in [2.75, 3.05) is 0 Å². The molecule has 2 rings (SSSR count). The van der Waals surface area contributed by atoms with Gasteiger partial charge in [-0.2, -0.15) is 5.26 Å². The maximum Gasteiger partial charge on any atom is 0.269 e. The lowest BCUT2D eigenvalue weighted by molar-refractivity contribution is -0.384. The topological polar surface area (TPSA) is 66.9 Å². The molecule has 0 bridgehead atoms. The van der Waals surface area contributed by atoms with Gasteiger partial charge in [0.25, 0.3) is 5.69 Å². The summed E-state index contributed by atoms with van der Waals surface area (Å²) in [6.45, 7) is 1.88. The number of nitro groups is 1. The van der Waals surface area contributed by atoms with Crippen molar-refractivity contribution in [3.63, 3.8) is 0 Å². The van der Waals surface area contributed by atoms with Crippen LogP contribution in [0.5, 0.6) is 0 Å². The molecule has 0 radical (unpaired) electrons. The summed E-state index contributed by atoms with van der Waals surface area (Å²) in [4.78, 5) is 10.2. The Morgan fingerprint density at radius 1 is 1.15 bits per heavy atom. The van der Waals surface area contributed by atoms with Crippen molar-refractivity contribution in [2.24, 2.45) is 0 Å². The summed E-state index contributed by atoms with van der Waals surface area (Å²) in [7, 11) is 0. The summed E-state index contributed by atoms with van der Waals surface area (Å²) in [5.74, 6) is 0. The number of nitriles is 1. The third-order valence-electron chi connectivity index (χ3n) is 3.36. The molecule has 0 aliphatic carbocycles. The van der Waals surface area contributed by atoms with E-state index in [2.05, 4.69) is 6.07 Å². The van der Waals surface area contributed by atoms with Crippen LogP contribution in [0.4, 0.5) is 5.69 Å². The first-order valence-corrected chi connectivity index (χ1v) is 6.25. The first-order chi connectivity index (χ1) is 9.55. The molecule has 0 aliphatic rings. The normalized spacial score (nSPS) is 13.2. The van der Waals surface area contributed by atoms with E-state index in [9.17, 15) is 15.4 Å². The molecule has 0 aliphatic heterocycles. The van der Waals surface area contributed by atoms with Gasteiger partial charge in [-0.3, -0.25) is 10.1 Å². The molecule has 1 unspecified atom stereocenters. The maximum absolute atomic E-state index is 10.6. The lowest BCUT2D eigenvalue weighted by atomic mass is 9.79. The number of benzene rings is 2. The molecular formula is C16H14N2O2. The van der Waals surface area contributed by atoms with Crippen LogP contribution in [0.1, 0.15) is 18.1 Å². The van der Waals surface area contributed by atoms with E-state index in [0.717, 1.165) is 11.1 Å². The monoisotopic (exact) mass is 266 g/mol. The van der Waals surface area contributed by atoms with E-state index >= 15 is 0 Å². The molecule has 0 fully saturated rings. The van der Waals surface area contributed by atoms with Gasteiger partial charge in [0, 0.05) is 12.1 Å². The smallest absolute Gasteiger partial charge is 0.258 e. The Balaban J connectivity index is 2.27. The van der Waals surface area contributed by atoms with Crippen molar-refractivity contribution in [2.45, 2.75) is 18.8 Å². The molecule has 100 valence electrons. The Morgan fingerprint density at radius 3 is 2.25 bits per heavy atom. The Kier molecular flexibility index (Phi) is 3.81. The van der Waals surface area contributed by atoms with Crippen LogP contribution in [-0.2, 0) is 11.8 Å². The van der Waals surface area contributed by atoms with Crippen LogP contribution in [0.25, 0.3) is 0 Å². The quantitative estimate of drug-likeness (QED) is 0.627. The van der Waals surface area contributed by atoms with Gasteiger partial charge in [-0.05, 0) is 24.5 Å². The van der Waals surface area contributed by atoms with Gasteiger partial charge < -0.3 is 0 Å². The summed E-state index contributed by atoms with van der Waals surface area (Å²) in [5.41, 5.74) is 1.27. The molecule has 0 aromatic heterocycles. The van der Waals surface area contributed by atoms with Crippen molar-refractivity contribution >= 4 is 5.69 Å². The lowest BCUT2D eigenvalue weighted by Crippen LogP contribution is -2.22. The molecule has 0 saturated heterocycles. The van der Waals surface area contributed by atoms with E-state index in [1.54, 1.807) is 12.1 Å². The first kappa shape index (κ1) is 13.8. The molecule has 0 N–H and O–H groups in total. The summed E-state index contributed by atoms with van der Waals surface area (Å²) < 4.78 is 0. The average molecular weight is 266 g/mol. The van der Waals surface area contributed by atoms with E-state index in [1.165, 1.54) is 12.1 Å². The van der Waals surface area contributed by atoms with Crippen molar-refractivity contribution in [3.8, 4) is 6.07 Å². The second-order valence-corrected chi connectivity index (χ2v) is 4.91. The van der Waals surface area contributed by atoms with Gasteiger partial charge in [-0.25, -0.2) is 0 Å². The predicted molar refractivity (Wildman–Crippen MR) is 76.2 cm³/mol. The number of hydrogen-bond acceptors (Lipinski definition) is 3. The summed E-state index contributed by atoms with van der Waals surface area (Å²) in [6.07, 6.45) is 0.519. The molecule has 4 nitrogen and oxygen atoms in total. The molecule has 2 aromatic carbocycles. The zero-order valence-electron chi connectivity index (χ0n) is 11.1. The fourth-order valence-corrected chi connectivity index (χ4v) is 2.16. The zero-order chi connectivity index (χ0) is 14.6. The number of rotatable bonds is 4. The molecule has 0 saturated carbocycles. The van der Waals surface area contributed by atoms with Crippen molar-refractivity contribution in [1.29, 1.82) is 5.26 Å². The van der Waals surface area contributed by atoms with Gasteiger partial charge in [0.2, 0.25) is 0 Å². The summed E-state index contributed by atoms with van der Waals surface area (Å²) in [6, 6.07) is 18.3. The van der Waals surface area contributed by atoms with Crippen LogP contribution in [-0.4, -0.2) is 4.92 Å². The maximum atomic E-state index is 10.6. The Labute approximate surface area is 117 Å². The van der Waals surface area contributed by atoms with Crippen molar-refractivity contribution < 1.29 is 4.92 Å². The van der Waals surface area contributed by atoms with Crippen LogP contribution < -0.4 is 0 Å². The van der Waals surface area contributed by atoms with Gasteiger partial charge in [0.05, 0.1) is 16.4 Å². The van der Waals surface area contributed by atoms with Crippen LogP contribution in [0.2, 0.25) is 0 Å². The second kappa shape index (κ2) is 5.54. The third kappa shape index (κ3) is 2.83. The number of hydrogen-bond donors (Lipinski definition) is 0. The van der Waals surface area contributed by atoms with Gasteiger partial charge in [0.15, 0.2) is 0 Å². The second-order valence-electron chi connectivity index (χ2n) is 4.91. The highest BCUT2D eigenvalue weighted by Gasteiger charge is 2.26. The minimum Gasteiger partial charge on any atom is -0.258 e. The molecule has 20 heavy (non-hydrogen) atoms. The van der Waals surface area contributed by atoms with Gasteiger partial charge in [-0.15, -0.1) is 0 Å². The molecule has 4 heteroatoms. The number of non-ortho nitro benzene ring substituents is 1. The lowest BCUT2D eigenvalue weighted by Gasteiger charge is -2.22. The molecule has 2 aromatic rings. The molecule has 0 spiro atoms. The zero-order valence-corrected chi connectivity index (χ0v) is 11.1. The van der Waals surface area contributed by atoms with Gasteiger partial charge in [-0.1, -0.05) is 42.5 Å². The molecular weight excluding hydrogens is 252 g/mol. The number of nitro benzene ring substituents is 1. The summed E-state index contributed by atoms with van der Waals surface area (Å²) >= 11 is 0. The summed E-state index contributed by atoms with van der Waals surface area (Å²) in [5, 5.41) is 20.1. The van der Waals surface area contributed by atoms with Crippen LogP contribution >= 0.6 is 0 Å². The minimum atomic E-state index is -0.641. The van der Waals surface area contributed by atoms with E-state index in [-0.39, 0.29) is 5.69 Å². The van der Waals surface area contributed by atoms with Crippen LogP contribution in [0.3, 0.4) is 0 Å². The fourth-order valence-electron chi connectivity index (χ4n) is 2.16. The Bertz CT molecular complexity index is 644.